The maximum absolute atomic E-state index is 5.30. The van der Waals surface area contributed by atoms with Gasteiger partial charge in [-0.15, -0.1) is 0 Å². The van der Waals surface area contributed by atoms with Gasteiger partial charge in [-0.2, -0.15) is 10.2 Å². The first kappa shape index (κ1) is 11.5. The largest absolute Gasteiger partial charge is 0.497 e. The molecule has 1 aliphatic heterocycles. The van der Waals surface area contributed by atoms with Crippen LogP contribution in [0.25, 0.3) is 0 Å². The molecule has 0 aromatic heterocycles. The lowest BCUT2D eigenvalue weighted by Crippen LogP contribution is -2.32. The third-order valence-corrected chi connectivity index (χ3v) is 4.25. The lowest BCUT2D eigenvalue weighted by atomic mass is 9.75. The molecule has 3 rings (SSSR count). The van der Waals surface area contributed by atoms with Gasteiger partial charge in [0.05, 0.1) is 18.2 Å². The zero-order valence-electron chi connectivity index (χ0n) is 10.9. The van der Waals surface area contributed by atoms with Crippen molar-refractivity contribution >= 4 is 11.4 Å². The van der Waals surface area contributed by atoms with Crippen LogP contribution in [0.3, 0.4) is 0 Å². The van der Waals surface area contributed by atoms with E-state index in [2.05, 4.69) is 29.3 Å². The van der Waals surface area contributed by atoms with Crippen LogP contribution in [0, 0.1) is 5.41 Å². The molecule has 0 atom stereocenters. The summed E-state index contributed by atoms with van der Waals surface area (Å²) < 4.78 is 5.30. The van der Waals surface area contributed by atoms with Gasteiger partial charge in [-0.25, -0.2) is 0 Å². The molecular weight excluding hydrogens is 224 g/mol. The third kappa shape index (κ3) is 1.57. The van der Waals surface area contributed by atoms with E-state index in [0.29, 0.717) is 0 Å². The topological polar surface area (TPSA) is 34.0 Å². The highest BCUT2D eigenvalue weighted by Gasteiger charge is 2.45. The number of ether oxygens (including phenoxy) is 1. The molecule has 1 fully saturated rings. The van der Waals surface area contributed by atoms with Crippen LogP contribution in [0.2, 0.25) is 0 Å². The molecule has 3 heteroatoms. The summed E-state index contributed by atoms with van der Waals surface area (Å²) in [5.41, 5.74) is 3.57. The van der Waals surface area contributed by atoms with E-state index in [-0.39, 0.29) is 5.41 Å². The molecule has 1 saturated carbocycles. The van der Waals surface area contributed by atoms with E-state index in [0.717, 1.165) is 17.0 Å². The van der Waals surface area contributed by atoms with Crippen LogP contribution in [0.5, 0.6) is 5.75 Å². The predicted octanol–water partition coefficient (Wildman–Crippen LogP) is 3.43. The molecular formula is C15H18N2O. The van der Waals surface area contributed by atoms with Gasteiger partial charge >= 0.3 is 0 Å². The van der Waals surface area contributed by atoms with Crippen LogP contribution in [-0.2, 0) is 0 Å². The lowest BCUT2D eigenvalue weighted by molar-refractivity contribution is 0.414. The minimum absolute atomic E-state index is 0.104. The fourth-order valence-electron chi connectivity index (χ4n) is 3.17. The van der Waals surface area contributed by atoms with Gasteiger partial charge in [0, 0.05) is 11.3 Å². The average molecular weight is 242 g/mol. The van der Waals surface area contributed by atoms with Crippen LogP contribution >= 0.6 is 0 Å². The van der Waals surface area contributed by atoms with Gasteiger partial charge in [0.2, 0.25) is 0 Å². The molecule has 1 heterocycles. The van der Waals surface area contributed by atoms with Crippen molar-refractivity contribution in [1.29, 1.82) is 0 Å². The summed E-state index contributed by atoms with van der Waals surface area (Å²) >= 11 is 0. The average Bonchev–Trinajstić information content (AvgIpc) is 3.00. The van der Waals surface area contributed by atoms with Gasteiger partial charge in [0.25, 0.3) is 0 Å². The van der Waals surface area contributed by atoms with E-state index < -0.39 is 0 Å². The first-order chi connectivity index (χ1) is 8.76. The first-order valence-electron chi connectivity index (χ1n) is 6.54. The Morgan fingerprint density at radius 1 is 1.17 bits per heavy atom. The summed E-state index contributed by atoms with van der Waals surface area (Å²) in [7, 11) is 1.70. The molecule has 1 aromatic carbocycles. The molecule has 1 aliphatic carbocycles. The van der Waals surface area contributed by atoms with Crippen molar-refractivity contribution in [3.63, 3.8) is 0 Å². The van der Waals surface area contributed by atoms with Crippen LogP contribution in [-0.4, -0.2) is 18.5 Å². The highest BCUT2D eigenvalue weighted by atomic mass is 16.5. The van der Waals surface area contributed by atoms with Gasteiger partial charge in [-0.1, -0.05) is 25.0 Å². The fraction of sp³-hybridized carbons (Fsp3) is 0.467. The highest BCUT2D eigenvalue weighted by Crippen LogP contribution is 2.45. The number of methoxy groups -OCH3 is 1. The smallest absolute Gasteiger partial charge is 0.119 e. The maximum Gasteiger partial charge on any atom is 0.119 e. The Bertz CT molecular complexity index is 525. The van der Waals surface area contributed by atoms with E-state index >= 15 is 0 Å². The Hall–Kier alpha value is -1.64. The normalized spacial score (nSPS) is 21.0. The Morgan fingerprint density at radius 3 is 2.67 bits per heavy atom. The fourth-order valence-corrected chi connectivity index (χ4v) is 3.17. The van der Waals surface area contributed by atoms with E-state index in [1.54, 1.807) is 7.11 Å². The summed E-state index contributed by atoms with van der Waals surface area (Å²) in [6, 6.07) is 8.16. The number of benzene rings is 1. The Morgan fingerprint density at radius 2 is 1.94 bits per heavy atom. The van der Waals surface area contributed by atoms with E-state index in [9.17, 15) is 0 Å². The van der Waals surface area contributed by atoms with Crippen LogP contribution in [0.15, 0.2) is 34.5 Å². The van der Waals surface area contributed by atoms with E-state index in [1.165, 1.54) is 31.4 Å². The van der Waals surface area contributed by atoms with Gasteiger partial charge in [0.1, 0.15) is 5.75 Å². The quantitative estimate of drug-likeness (QED) is 0.782. The molecule has 18 heavy (non-hydrogen) atoms. The van der Waals surface area contributed by atoms with Crippen molar-refractivity contribution in [3.8, 4) is 5.75 Å². The molecule has 1 aromatic rings. The van der Waals surface area contributed by atoms with Crippen molar-refractivity contribution in [2.45, 2.75) is 32.6 Å². The summed E-state index contributed by atoms with van der Waals surface area (Å²) in [6.45, 7) is 2.11. The van der Waals surface area contributed by atoms with Crippen molar-refractivity contribution in [3.05, 3.63) is 29.8 Å². The number of hydrogen-bond acceptors (Lipinski definition) is 3. The molecule has 0 saturated heterocycles. The zero-order valence-corrected chi connectivity index (χ0v) is 10.9. The molecule has 94 valence electrons. The standard InChI is InChI=1S/C15H18N2O/c1-11-15(8-3-4-9-15)14(17-16-11)12-6-5-7-13(10-12)18-2/h5-7,10H,3-4,8-9H2,1-2H3. The Labute approximate surface area is 108 Å². The molecule has 2 aliphatic rings. The summed E-state index contributed by atoms with van der Waals surface area (Å²) in [5.74, 6) is 0.882. The monoisotopic (exact) mass is 242 g/mol. The minimum atomic E-state index is 0.104. The molecule has 0 unspecified atom stereocenters. The number of hydrogen-bond donors (Lipinski definition) is 0. The second-order valence-corrected chi connectivity index (χ2v) is 5.16. The van der Waals surface area contributed by atoms with Crippen LogP contribution in [0.4, 0.5) is 0 Å². The second kappa shape index (κ2) is 4.23. The molecule has 3 nitrogen and oxygen atoms in total. The zero-order chi connectivity index (χ0) is 12.6. The van der Waals surface area contributed by atoms with E-state index in [1.807, 2.05) is 12.1 Å². The Balaban J connectivity index is 2.02. The number of rotatable bonds is 2. The van der Waals surface area contributed by atoms with Crippen LogP contribution < -0.4 is 4.74 Å². The lowest BCUT2D eigenvalue weighted by Gasteiger charge is -2.25. The van der Waals surface area contributed by atoms with Gasteiger partial charge in [0.15, 0.2) is 0 Å². The first-order valence-corrected chi connectivity index (χ1v) is 6.54. The van der Waals surface area contributed by atoms with Crippen molar-refractivity contribution in [1.82, 2.24) is 0 Å². The second-order valence-electron chi connectivity index (χ2n) is 5.16. The molecule has 0 amide bonds. The summed E-state index contributed by atoms with van der Waals surface area (Å²) in [5, 5.41) is 8.80. The number of nitrogens with zero attached hydrogens (tertiary/aromatic N) is 2. The minimum Gasteiger partial charge on any atom is -0.497 e. The van der Waals surface area contributed by atoms with Gasteiger partial charge in [-0.05, 0) is 31.9 Å². The van der Waals surface area contributed by atoms with Gasteiger partial charge in [-0.3, -0.25) is 0 Å². The molecule has 0 radical (unpaired) electrons. The maximum atomic E-state index is 5.30. The summed E-state index contributed by atoms with van der Waals surface area (Å²) in [6.07, 6.45) is 4.91. The molecule has 1 spiro atoms. The molecule has 0 N–H and O–H groups in total. The van der Waals surface area contributed by atoms with Crippen molar-refractivity contribution < 1.29 is 4.74 Å². The van der Waals surface area contributed by atoms with Crippen molar-refractivity contribution in [2.24, 2.45) is 15.6 Å². The van der Waals surface area contributed by atoms with E-state index in [4.69, 9.17) is 4.74 Å². The SMILES string of the molecule is COc1cccc(C2=NN=C(C)C23CCCC3)c1. The van der Waals surface area contributed by atoms with Gasteiger partial charge < -0.3 is 4.74 Å². The third-order valence-electron chi connectivity index (χ3n) is 4.25. The summed E-state index contributed by atoms with van der Waals surface area (Å²) in [4.78, 5) is 0. The predicted molar refractivity (Wildman–Crippen MR) is 73.5 cm³/mol. The van der Waals surface area contributed by atoms with Crippen molar-refractivity contribution in [2.75, 3.05) is 7.11 Å². The highest BCUT2D eigenvalue weighted by molar-refractivity contribution is 6.20. The van der Waals surface area contributed by atoms with Crippen LogP contribution in [0.1, 0.15) is 38.2 Å². The Kier molecular flexibility index (Phi) is 2.69. The molecule has 0 bridgehead atoms.